The highest BCUT2D eigenvalue weighted by atomic mass is 16.1. The number of pyridine rings is 1. The Morgan fingerprint density at radius 1 is 1.53 bits per heavy atom. The van der Waals surface area contributed by atoms with Crippen LogP contribution >= 0.6 is 0 Å². The molecule has 1 aliphatic carbocycles. The van der Waals surface area contributed by atoms with Crippen molar-refractivity contribution in [2.45, 2.75) is 25.7 Å². The zero-order chi connectivity index (χ0) is 12.3. The van der Waals surface area contributed by atoms with E-state index >= 15 is 0 Å². The fourth-order valence-electron chi connectivity index (χ4n) is 1.79. The van der Waals surface area contributed by atoms with Gasteiger partial charge in [-0.1, -0.05) is 12.8 Å². The number of aromatic nitrogens is 1. The van der Waals surface area contributed by atoms with Gasteiger partial charge in [-0.3, -0.25) is 4.79 Å². The maximum Gasteiger partial charge on any atom is 0.250 e. The molecule has 5 heteroatoms. The Kier molecular flexibility index (Phi) is 3.46. The monoisotopic (exact) mass is 234 g/mol. The van der Waals surface area contributed by atoms with Gasteiger partial charge in [-0.25, -0.2) is 4.98 Å². The number of rotatable bonds is 6. The van der Waals surface area contributed by atoms with E-state index in [1.165, 1.54) is 25.5 Å². The number of nitrogens with zero attached hydrogens (tertiary/aromatic N) is 1. The third kappa shape index (κ3) is 3.34. The van der Waals surface area contributed by atoms with Crippen LogP contribution in [0.25, 0.3) is 0 Å². The van der Waals surface area contributed by atoms with Crippen LogP contribution < -0.4 is 16.8 Å². The maximum atomic E-state index is 11.1. The Morgan fingerprint density at radius 2 is 2.29 bits per heavy atom. The molecule has 1 saturated carbocycles. The van der Waals surface area contributed by atoms with Gasteiger partial charge in [0, 0.05) is 6.54 Å². The fourth-order valence-corrected chi connectivity index (χ4v) is 1.79. The van der Waals surface area contributed by atoms with Gasteiger partial charge in [-0.05, 0) is 24.8 Å². The van der Waals surface area contributed by atoms with Crippen molar-refractivity contribution in [1.29, 1.82) is 0 Å². The van der Waals surface area contributed by atoms with E-state index in [1.807, 2.05) is 0 Å². The van der Waals surface area contributed by atoms with Crippen molar-refractivity contribution in [2.24, 2.45) is 11.7 Å². The minimum absolute atomic E-state index is 0.320. The Balaban J connectivity index is 1.86. The molecule has 0 atom stereocenters. The molecule has 17 heavy (non-hydrogen) atoms. The van der Waals surface area contributed by atoms with Gasteiger partial charge in [-0.15, -0.1) is 0 Å². The maximum absolute atomic E-state index is 11.1. The molecule has 1 amide bonds. The summed E-state index contributed by atoms with van der Waals surface area (Å²) in [6.45, 7) is 0.867. The zero-order valence-corrected chi connectivity index (χ0v) is 9.78. The zero-order valence-electron chi connectivity index (χ0n) is 9.78. The van der Waals surface area contributed by atoms with E-state index in [0.717, 1.165) is 18.9 Å². The van der Waals surface area contributed by atoms with Crippen LogP contribution in [-0.2, 0) is 0 Å². The third-order valence-electron chi connectivity index (χ3n) is 2.99. The second-order valence-corrected chi connectivity index (χ2v) is 4.53. The largest absolute Gasteiger partial charge is 0.397 e. The Labute approximate surface area is 101 Å². The first-order valence-electron chi connectivity index (χ1n) is 5.96. The standard InChI is InChI=1S/C12H18N4O/c13-10-7-16-11(6-9(10)12(14)17)15-5-1-2-8-3-4-8/h6-8H,1-5,13H2,(H2,14,17)(H,15,16). The molecule has 0 aromatic carbocycles. The number of nitrogen functional groups attached to an aromatic ring is 1. The number of nitrogens with two attached hydrogens (primary N) is 2. The quantitative estimate of drug-likeness (QED) is 0.648. The summed E-state index contributed by atoms with van der Waals surface area (Å²) in [4.78, 5) is 15.2. The van der Waals surface area contributed by atoms with E-state index in [-0.39, 0.29) is 0 Å². The first-order valence-corrected chi connectivity index (χ1v) is 5.96. The Bertz CT molecular complexity index is 415. The molecule has 0 unspecified atom stereocenters. The summed E-state index contributed by atoms with van der Waals surface area (Å²) >= 11 is 0. The van der Waals surface area contributed by atoms with Crippen molar-refractivity contribution in [3.05, 3.63) is 17.8 Å². The van der Waals surface area contributed by atoms with Gasteiger partial charge >= 0.3 is 0 Å². The van der Waals surface area contributed by atoms with Crippen molar-refractivity contribution in [3.63, 3.8) is 0 Å². The predicted molar refractivity (Wildman–Crippen MR) is 67.6 cm³/mol. The lowest BCUT2D eigenvalue weighted by Crippen LogP contribution is -2.15. The number of anilines is 2. The molecular weight excluding hydrogens is 216 g/mol. The highest BCUT2D eigenvalue weighted by Gasteiger charge is 2.19. The molecule has 0 radical (unpaired) electrons. The molecule has 0 spiro atoms. The molecule has 1 aliphatic rings. The van der Waals surface area contributed by atoms with Gasteiger partial charge in [0.25, 0.3) is 5.91 Å². The molecule has 0 bridgehead atoms. The normalized spacial score (nSPS) is 14.6. The molecule has 0 aliphatic heterocycles. The van der Waals surface area contributed by atoms with Crippen molar-refractivity contribution in [1.82, 2.24) is 4.98 Å². The van der Waals surface area contributed by atoms with E-state index < -0.39 is 5.91 Å². The SMILES string of the molecule is NC(=O)c1cc(NCCCC2CC2)ncc1N. The molecule has 5 nitrogen and oxygen atoms in total. The minimum atomic E-state index is -0.522. The summed E-state index contributed by atoms with van der Waals surface area (Å²) in [6.07, 6.45) is 6.62. The van der Waals surface area contributed by atoms with Gasteiger partial charge in [0.2, 0.25) is 0 Å². The van der Waals surface area contributed by atoms with Gasteiger partial charge in [-0.2, -0.15) is 0 Å². The van der Waals surface area contributed by atoms with Crippen LogP contribution in [0.3, 0.4) is 0 Å². The number of carbonyl (C=O) groups excluding carboxylic acids is 1. The lowest BCUT2D eigenvalue weighted by molar-refractivity contribution is 0.100. The molecule has 1 heterocycles. The van der Waals surface area contributed by atoms with E-state index in [9.17, 15) is 4.79 Å². The molecule has 1 aromatic heterocycles. The second-order valence-electron chi connectivity index (χ2n) is 4.53. The van der Waals surface area contributed by atoms with Crippen molar-refractivity contribution in [3.8, 4) is 0 Å². The van der Waals surface area contributed by atoms with E-state index in [0.29, 0.717) is 17.1 Å². The smallest absolute Gasteiger partial charge is 0.250 e. The molecule has 0 saturated heterocycles. The first-order chi connectivity index (χ1) is 8.16. The molecular formula is C12H18N4O. The number of amides is 1. The van der Waals surface area contributed by atoms with Crippen LogP contribution in [0.5, 0.6) is 0 Å². The van der Waals surface area contributed by atoms with Crippen LogP contribution in [0.15, 0.2) is 12.3 Å². The number of carbonyl (C=O) groups is 1. The average molecular weight is 234 g/mol. The van der Waals surface area contributed by atoms with E-state index in [4.69, 9.17) is 11.5 Å². The van der Waals surface area contributed by atoms with Gasteiger partial charge in [0.1, 0.15) is 5.82 Å². The topological polar surface area (TPSA) is 94.0 Å². The lowest BCUT2D eigenvalue weighted by atomic mass is 10.2. The van der Waals surface area contributed by atoms with Crippen LogP contribution in [-0.4, -0.2) is 17.4 Å². The number of hydrogen-bond donors (Lipinski definition) is 3. The van der Waals surface area contributed by atoms with Crippen molar-refractivity contribution >= 4 is 17.4 Å². The molecule has 92 valence electrons. The molecule has 1 fully saturated rings. The van der Waals surface area contributed by atoms with Gasteiger partial charge in [0.15, 0.2) is 0 Å². The summed E-state index contributed by atoms with van der Waals surface area (Å²) in [5.74, 6) is 1.08. The van der Waals surface area contributed by atoms with E-state index in [2.05, 4.69) is 10.3 Å². The minimum Gasteiger partial charge on any atom is -0.397 e. The third-order valence-corrected chi connectivity index (χ3v) is 2.99. The first kappa shape index (κ1) is 11.7. The van der Waals surface area contributed by atoms with Crippen LogP contribution in [0.1, 0.15) is 36.0 Å². The van der Waals surface area contributed by atoms with Gasteiger partial charge in [0.05, 0.1) is 17.4 Å². The summed E-state index contributed by atoms with van der Waals surface area (Å²) in [6, 6.07) is 1.61. The lowest BCUT2D eigenvalue weighted by Gasteiger charge is -2.07. The van der Waals surface area contributed by atoms with Crippen molar-refractivity contribution in [2.75, 3.05) is 17.6 Å². The average Bonchev–Trinajstić information content (AvgIpc) is 3.10. The fraction of sp³-hybridized carbons (Fsp3) is 0.500. The summed E-state index contributed by atoms with van der Waals surface area (Å²) < 4.78 is 0. The number of hydrogen-bond acceptors (Lipinski definition) is 4. The van der Waals surface area contributed by atoms with E-state index in [1.54, 1.807) is 6.07 Å². The highest BCUT2D eigenvalue weighted by molar-refractivity contribution is 5.98. The molecule has 1 aromatic rings. The summed E-state index contributed by atoms with van der Waals surface area (Å²) in [5.41, 5.74) is 11.5. The van der Waals surface area contributed by atoms with Crippen molar-refractivity contribution < 1.29 is 4.79 Å². The number of primary amides is 1. The van der Waals surface area contributed by atoms with Crippen LogP contribution in [0, 0.1) is 5.92 Å². The molecule has 5 N–H and O–H groups in total. The van der Waals surface area contributed by atoms with Crippen LogP contribution in [0.4, 0.5) is 11.5 Å². The van der Waals surface area contributed by atoms with Crippen LogP contribution in [0.2, 0.25) is 0 Å². The summed E-state index contributed by atoms with van der Waals surface area (Å²) in [7, 11) is 0. The Morgan fingerprint density at radius 3 is 2.94 bits per heavy atom. The second kappa shape index (κ2) is 5.03. The van der Waals surface area contributed by atoms with Gasteiger partial charge < -0.3 is 16.8 Å². The molecule has 2 rings (SSSR count). The Hall–Kier alpha value is -1.78. The summed E-state index contributed by atoms with van der Waals surface area (Å²) in [5, 5.41) is 3.18. The number of nitrogens with one attached hydrogen (secondary N) is 1. The predicted octanol–water partition coefficient (Wildman–Crippen LogP) is 1.36. The highest BCUT2D eigenvalue weighted by Crippen LogP contribution is 2.33.